The molecule has 3 aromatic rings. The number of hydrogen-bond donors (Lipinski definition) is 1. The molecule has 0 fully saturated rings. The zero-order chi connectivity index (χ0) is 30.9. The molecule has 0 spiro atoms. The van der Waals surface area contributed by atoms with Crippen molar-refractivity contribution in [2.45, 2.75) is 58.0 Å². The van der Waals surface area contributed by atoms with Gasteiger partial charge >= 0.3 is 0 Å². The van der Waals surface area contributed by atoms with Gasteiger partial charge in [-0.3, -0.25) is 13.9 Å². The van der Waals surface area contributed by atoms with Gasteiger partial charge in [-0.2, -0.15) is 0 Å². The number of amides is 2. The summed E-state index contributed by atoms with van der Waals surface area (Å²) in [4.78, 5) is 28.5. The van der Waals surface area contributed by atoms with Gasteiger partial charge in [-0.15, -0.1) is 0 Å². The highest BCUT2D eigenvalue weighted by Crippen LogP contribution is 2.32. The number of carbonyl (C=O) groups excluding carboxylic acids is 2. The number of nitrogens with one attached hydrogen (secondary N) is 1. The molecule has 1 N–H and O–H groups in total. The van der Waals surface area contributed by atoms with E-state index in [9.17, 15) is 18.0 Å². The Morgan fingerprint density at radius 2 is 1.48 bits per heavy atom. The van der Waals surface area contributed by atoms with Crippen molar-refractivity contribution < 1.29 is 27.5 Å². The molecule has 3 rings (SSSR count). The van der Waals surface area contributed by atoms with Gasteiger partial charge in [0.05, 0.1) is 24.8 Å². The Morgan fingerprint density at radius 1 is 0.881 bits per heavy atom. The van der Waals surface area contributed by atoms with Crippen molar-refractivity contribution in [1.82, 2.24) is 10.2 Å². The average molecular weight is 596 g/mol. The highest BCUT2D eigenvalue weighted by atomic mass is 32.2. The van der Waals surface area contributed by atoms with E-state index in [1.165, 1.54) is 37.3 Å². The van der Waals surface area contributed by atoms with Gasteiger partial charge in [0, 0.05) is 19.2 Å². The van der Waals surface area contributed by atoms with E-state index >= 15 is 0 Å². The standard InChI is InChI=1S/C32H41N3O6S/c1-7-8-19-33-32(37)25(4)34(21-26-13-9-23(2)10-14-26)31(36)22-35(27-15-11-24(3)12-16-27)42(38,39)28-17-18-29(40-5)30(20-28)41-6/h9-18,20,25H,7-8,19,21-22H2,1-6H3,(H,33,37)/t25-/m0/s1. The monoisotopic (exact) mass is 595 g/mol. The van der Waals surface area contributed by atoms with Gasteiger partial charge in [0.2, 0.25) is 11.8 Å². The maximum absolute atomic E-state index is 14.1. The molecule has 0 saturated heterocycles. The average Bonchev–Trinajstić information content (AvgIpc) is 2.99. The van der Waals surface area contributed by atoms with E-state index in [-0.39, 0.29) is 23.1 Å². The van der Waals surface area contributed by atoms with Crippen LogP contribution in [-0.4, -0.2) is 58.5 Å². The van der Waals surface area contributed by atoms with Crippen molar-refractivity contribution in [3.63, 3.8) is 0 Å². The molecule has 10 heteroatoms. The number of ether oxygens (including phenoxy) is 2. The smallest absolute Gasteiger partial charge is 0.264 e. The number of benzene rings is 3. The van der Waals surface area contributed by atoms with Gasteiger partial charge in [0.1, 0.15) is 12.6 Å². The summed E-state index contributed by atoms with van der Waals surface area (Å²) in [5.41, 5.74) is 3.14. The Bertz CT molecular complexity index is 1460. The van der Waals surface area contributed by atoms with Crippen LogP contribution in [0.3, 0.4) is 0 Å². The predicted octanol–water partition coefficient (Wildman–Crippen LogP) is 4.85. The lowest BCUT2D eigenvalue weighted by Crippen LogP contribution is -2.51. The van der Waals surface area contributed by atoms with Gasteiger partial charge in [0.25, 0.3) is 10.0 Å². The number of hydrogen-bond acceptors (Lipinski definition) is 6. The molecule has 9 nitrogen and oxygen atoms in total. The lowest BCUT2D eigenvalue weighted by Gasteiger charge is -2.32. The molecule has 0 heterocycles. The Hall–Kier alpha value is -4.05. The van der Waals surface area contributed by atoms with Crippen LogP contribution in [0.25, 0.3) is 0 Å². The Labute approximate surface area is 249 Å². The topological polar surface area (TPSA) is 105 Å². The summed E-state index contributed by atoms with van der Waals surface area (Å²) in [6.07, 6.45) is 1.73. The first kappa shape index (κ1) is 32.5. The number of carbonyl (C=O) groups is 2. The summed E-state index contributed by atoms with van der Waals surface area (Å²) in [5, 5.41) is 2.89. The first-order valence-corrected chi connectivity index (χ1v) is 15.4. The minimum atomic E-state index is -4.25. The number of unbranched alkanes of at least 4 members (excludes halogenated alkanes) is 1. The van der Waals surface area contributed by atoms with Crippen LogP contribution in [-0.2, 0) is 26.2 Å². The second-order valence-corrected chi connectivity index (χ2v) is 12.1. The van der Waals surface area contributed by atoms with Gasteiger partial charge < -0.3 is 19.7 Å². The Balaban J connectivity index is 2.03. The fourth-order valence-corrected chi connectivity index (χ4v) is 5.78. The van der Waals surface area contributed by atoms with Crippen LogP contribution < -0.4 is 19.1 Å². The van der Waals surface area contributed by atoms with Crippen LogP contribution in [0.4, 0.5) is 5.69 Å². The molecule has 1 atom stereocenters. The molecule has 0 aliphatic rings. The summed E-state index contributed by atoms with van der Waals surface area (Å²) in [7, 11) is -1.36. The van der Waals surface area contributed by atoms with Crippen molar-refractivity contribution in [2.75, 3.05) is 31.6 Å². The van der Waals surface area contributed by atoms with Crippen LogP contribution >= 0.6 is 0 Å². The highest BCUT2D eigenvalue weighted by Gasteiger charge is 2.33. The SMILES string of the molecule is CCCCNC(=O)[C@H](C)N(Cc1ccc(C)cc1)C(=O)CN(c1ccc(C)cc1)S(=O)(=O)c1ccc(OC)c(OC)c1. The largest absolute Gasteiger partial charge is 0.493 e. The van der Waals surface area contributed by atoms with Crippen LogP contribution in [0.1, 0.15) is 43.4 Å². The van der Waals surface area contributed by atoms with Crippen LogP contribution in [0.15, 0.2) is 71.6 Å². The number of sulfonamides is 1. The van der Waals surface area contributed by atoms with Crippen molar-refractivity contribution in [2.24, 2.45) is 0 Å². The van der Waals surface area contributed by atoms with Gasteiger partial charge in [0.15, 0.2) is 11.5 Å². The molecular weight excluding hydrogens is 554 g/mol. The Morgan fingerprint density at radius 3 is 2.05 bits per heavy atom. The number of aryl methyl sites for hydroxylation is 2. The molecule has 0 aromatic heterocycles. The summed E-state index contributed by atoms with van der Waals surface area (Å²) < 4.78 is 39.9. The van der Waals surface area contributed by atoms with Gasteiger partial charge in [-0.25, -0.2) is 8.42 Å². The fourth-order valence-electron chi connectivity index (χ4n) is 4.35. The summed E-state index contributed by atoms with van der Waals surface area (Å²) in [6, 6.07) is 18.0. The molecule has 226 valence electrons. The normalized spacial score (nSPS) is 11.9. The molecular formula is C32H41N3O6S. The lowest BCUT2D eigenvalue weighted by molar-refractivity contribution is -0.139. The van der Waals surface area contributed by atoms with Crippen molar-refractivity contribution in [3.05, 3.63) is 83.4 Å². The third-order valence-electron chi connectivity index (χ3n) is 7.01. The van der Waals surface area contributed by atoms with Gasteiger partial charge in [-0.05, 0) is 57.0 Å². The maximum Gasteiger partial charge on any atom is 0.264 e. The second-order valence-electron chi connectivity index (χ2n) is 10.2. The molecule has 0 unspecified atom stereocenters. The molecule has 0 saturated carbocycles. The van der Waals surface area contributed by atoms with Crippen LogP contribution in [0.2, 0.25) is 0 Å². The van der Waals surface area contributed by atoms with E-state index in [4.69, 9.17) is 9.47 Å². The molecule has 0 aliphatic heterocycles. The first-order chi connectivity index (χ1) is 20.0. The fraction of sp³-hybridized carbons (Fsp3) is 0.375. The van der Waals surface area contributed by atoms with E-state index < -0.39 is 28.5 Å². The molecule has 2 amide bonds. The van der Waals surface area contributed by atoms with Crippen molar-refractivity contribution >= 4 is 27.5 Å². The quantitative estimate of drug-likeness (QED) is 0.267. The van der Waals surface area contributed by atoms with E-state index in [0.717, 1.165) is 33.8 Å². The van der Waals surface area contributed by atoms with Gasteiger partial charge in [-0.1, -0.05) is 60.9 Å². The number of nitrogens with zero attached hydrogens (tertiary/aromatic N) is 2. The maximum atomic E-state index is 14.1. The van der Waals surface area contributed by atoms with E-state index in [1.54, 1.807) is 31.2 Å². The Kier molecular flexibility index (Phi) is 11.4. The van der Waals surface area contributed by atoms with E-state index in [2.05, 4.69) is 5.32 Å². The highest BCUT2D eigenvalue weighted by molar-refractivity contribution is 7.92. The predicted molar refractivity (Wildman–Crippen MR) is 164 cm³/mol. The minimum absolute atomic E-state index is 0.0658. The van der Waals surface area contributed by atoms with Crippen LogP contribution in [0.5, 0.6) is 11.5 Å². The molecule has 3 aromatic carbocycles. The zero-order valence-corrected chi connectivity index (χ0v) is 26.0. The number of methoxy groups -OCH3 is 2. The zero-order valence-electron chi connectivity index (χ0n) is 25.2. The van der Waals surface area contributed by atoms with Crippen LogP contribution in [0, 0.1) is 13.8 Å². The summed E-state index contributed by atoms with van der Waals surface area (Å²) in [6.45, 7) is 7.67. The van der Waals surface area contributed by atoms with Crippen molar-refractivity contribution in [3.8, 4) is 11.5 Å². The third kappa shape index (κ3) is 8.03. The molecule has 0 radical (unpaired) electrons. The van der Waals surface area contributed by atoms with E-state index in [0.29, 0.717) is 18.0 Å². The minimum Gasteiger partial charge on any atom is -0.493 e. The number of rotatable bonds is 14. The summed E-state index contributed by atoms with van der Waals surface area (Å²) in [5.74, 6) is -0.194. The third-order valence-corrected chi connectivity index (χ3v) is 8.78. The lowest BCUT2D eigenvalue weighted by atomic mass is 10.1. The molecule has 0 bridgehead atoms. The number of anilines is 1. The second kappa shape index (κ2) is 14.7. The molecule has 0 aliphatic carbocycles. The van der Waals surface area contributed by atoms with E-state index in [1.807, 2.05) is 45.0 Å². The van der Waals surface area contributed by atoms with Crippen molar-refractivity contribution in [1.29, 1.82) is 0 Å². The first-order valence-electron chi connectivity index (χ1n) is 14.0. The summed E-state index contributed by atoms with van der Waals surface area (Å²) >= 11 is 0. The molecule has 42 heavy (non-hydrogen) atoms.